The topological polar surface area (TPSA) is 66.9 Å². The molecule has 0 atom stereocenters. The normalized spacial score (nSPS) is 10.4. The zero-order chi connectivity index (χ0) is 16.1. The molecule has 2 N–H and O–H groups in total. The Morgan fingerprint density at radius 3 is 2.55 bits per heavy atom. The van der Waals surface area contributed by atoms with E-state index in [9.17, 15) is 4.79 Å². The van der Waals surface area contributed by atoms with Crippen LogP contribution < -0.4 is 10.6 Å². The van der Waals surface area contributed by atoms with Crippen LogP contribution in [0.1, 0.15) is 29.7 Å². The molecule has 0 spiro atoms. The second-order valence-electron chi connectivity index (χ2n) is 4.66. The van der Waals surface area contributed by atoms with E-state index in [4.69, 9.17) is 23.2 Å². The highest BCUT2D eigenvalue weighted by molar-refractivity contribution is 6.40. The molecule has 2 aromatic rings. The second-order valence-corrected chi connectivity index (χ2v) is 5.48. The Labute approximate surface area is 139 Å². The number of aryl methyl sites for hydroxylation is 1. The van der Waals surface area contributed by atoms with E-state index in [1.165, 1.54) is 0 Å². The van der Waals surface area contributed by atoms with Gasteiger partial charge in [-0.05, 0) is 25.5 Å². The molecule has 0 fully saturated rings. The van der Waals surface area contributed by atoms with Crippen LogP contribution in [0.15, 0.2) is 24.3 Å². The number of hydrogen-bond donors (Lipinski definition) is 2. The van der Waals surface area contributed by atoms with Crippen molar-refractivity contribution in [2.45, 2.75) is 20.3 Å². The van der Waals surface area contributed by atoms with Gasteiger partial charge in [-0.3, -0.25) is 4.79 Å². The van der Waals surface area contributed by atoms with Gasteiger partial charge in [0.25, 0.3) is 5.91 Å². The third-order valence-electron chi connectivity index (χ3n) is 2.83. The van der Waals surface area contributed by atoms with Crippen molar-refractivity contribution in [2.75, 3.05) is 17.2 Å². The average molecular weight is 339 g/mol. The van der Waals surface area contributed by atoms with Crippen LogP contribution in [-0.2, 0) is 0 Å². The van der Waals surface area contributed by atoms with Crippen LogP contribution in [0.25, 0.3) is 0 Å². The fourth-order valence-corrected chi connectivity index (χ4v) is 2.31. The summed E-state index contributed by atoms with van der Waals surface area (Å²) >= 11 is 12.1. The lowest BCUT2D eigenvalue weighted by atomic mass is 10.3. The van der Waals surface area contributed by atoms with Crippen molar-refractivity contribution in [2.24, 2.45) is 0 Å². The number of nitrogens with one attached hydrogen (secondary N) is 2. The van der Waals surface area contributed by atoms with E-state index >= 15 is 0 Å². The maximum absolute atomic E-state index is 12.4. The number of hydrogen-bond acceptors (Lipinski definition) is 4. The van der Waals surface area contributed by atoms with Gasteiger partial charge >= 0.3 is 0 Å². The molecule has 0 saturated heterocycles. The maximum Gasteiger partial charge on any atom is 0.274 e. The number of carbonyl (C=O) groups is 1. The maximum atomic E-state index is 12.4. The number of aromatic nitrogens is 2. The molecular weight excluding hydrogens is 323 g/mol. The standard InChI is InChI=1S/C15H16Cl2N4O/c1-3-7-18-13-8-12(19-9(2)20-13)15(22)21-14-10(16)5-4-6-11(14)17/h4-6,8H,3,7H2,1-2H3,(H,21,22)(H,18,19,20). The molecule has 0 bridgehead atoms. The van der Waals surface area contributed by atoms with Crippen LogP contribution in [0, 0.1) is 6.92 Å². The van der Waals surface area contributed by atoms with Crippen molar-refractivity contribution in [1.29, 1.82) is 0 Å². The summed E-state index contributed by atoms with van der Waals surface area (Å²) in [4.78, 5) is 20.7. The molecule has 0 saturated carbocycles. The van der Waals surface area contributed by atoms with Gasteiger partial charge in [-0.15, -0.1) is 0 Å². The van der Waals surface area contributed by atoms with E-state index in [1.54, 1.807) is 31.2 Å². The number of anilines is 2. The molecular formula is C15H16Cl2N4O. The van der Waals surface area contributed by atoms with Gasteiger partial charge in [0.2, 0.25) is 0 Å². The first-order chi connectivity index (χ1) is 10.5. The minimum Gasteiger partial charge on any atom is -0.370 e. The summed E-state index contributed by atoms with van der Waals surface area (Å²) in [5.74, 6) is 0.737. The third kappa shape index (κ3) is 4.08. The van der Waals surface area contributed by atoms with Gasteiger partial charge in [-0.1, -0.05) is 36.2 Å². The Kier molecular flexibility index (Phi) is 5.57. The Hall–Kier alpha value is -1.85. The Morgan fingerprint density at radius 2 is 1.91 bits per heavy atom. The Bertz CT molecular complexity index is 671. The molecule has 0 aliphatic rings. The first-order valence-corrected chi connectivity index (χ1v) is 7.61. The monoisotopic (exact) mass is 338 g/mol. The Balaban J connectivity index is 2.24. The van der Waals surface area contributed by atoms with E-state index in [1.807, 2.05) is 6.92 Å². The summed E-state index contributed by atoms with van der Waals surface area (Å²) in [5.41, 5.74) is 0.622. The van der Waals surface area contributed by atoms with Gasteiger partial charge in [0.1, 0.15) is 17.3 Å². The highest BCUT2D eigenvalue weighted by atomic mass is 35.5. The smallest absolute Gasteiger partial charge is 0.274 e. The van der Waals surface area contributed by atoms with Gasteiger partial charge in [0, 0.05) is 12.6 Å². The van der Waals surface area contributed by atoms with E-state index in [0.717, 1.165) is 13.0 Å². The number of benzene rings is 1. The molecule has 1 aromatic heterocycles. The molecule has 7 heteroatoms. The molecule has 22 heavy (non-hydrogen) atoms. The van der Waals surface area contributed by atoms with Gasteiger partial charge < -0.3 is 10.6 Å². The first kappa shape index (κ1) is 16.5. The van der Waals surface area contributed by atoms with Crippen LogP contribution in [-0.4, -0.2) is 22.4 Å². The number of nitrogens with zero attached hydrogens (tertiary/aromatic N) is 2. The lowest BCUT2D eigenvalue weighted by Gasteiger charge is -2.10. The minimum absolute atomic E-state index is 0.252. The molecule has 0 aliphatic heterocycles. The van der Waals surface area contributed by atoms with E-state index in [-0.39, 0.29) is 11.6 Å². The number of para-hydroxylation sites is 1. The van der Waals surface area contributed by atoms with Gasteiger partial charge in [0.15, 0.2) is 0 Å². The first-order valence-electron chi connectivity index (χ1n) is 6.86. The van der Waals surface area contributed by atoms with Gasteiger partial charge in [-0.25, -0.2) is 9.97 Å². The van der Waals surface area contributed by atoms with Crippen LogP contribution in [0.4, 0.5) is 11.5 Å². The molecule has 116 valence electrons. The zero-order valence-corrected chi connectivity index (χ0v) is 13.8. The van der Waals surface area contributed by atoms with Crippen molar-refractivity contribution >= 4 is 40.6 Å². The summed E-state index contributed by atoms with van der Waals surface area (Å²) in [7, 11) is 0. The number of carbonyl (C=O) groups excluding carboxylic acids is 1. The van der Waals surface area contributed by atoms with E-state index in [2.05, 4.69) is 20.6 Å². The summed E-state index contributed by atoms with van der Waals surface area (Å²) in [6, 6.07) is 6.62. The van der Waals surface area contributed by atoms with Gasteiger partial charge in [0.05, 0.1) is 15.7 Å². The van der Waals surface area contributed by atoms with Crippen LogP contribution in [0.3, 0.4) is 0 Å². The lowest BCUT2D eigenvalue weighted by molar-refractivity contribution is 0.102. The molecule has 1 amide bonds. The molecule has 0 aliphatic carbocycles. The Morgan fingerprint density at radius 1 is 1.23 bits per heavy atom. The average Bonchev–Trinajstić information content (AvgIpc) is 2.48. The van der Waals surface area contributed by atoms with Crippen molar-refractivity contribution in [1.82, 2.24) is 9.97 Å². The second kappa shape index (κ2) is 7.42. The zero-order valence-electron chi connectivity index (χ0n) is 12.3. The largest absolute Gasteiger partial charge is 0.370 e. The molecule has 2 rings (SSSR count). The molecule has 5 nitrogen and oxygen atoms in total. The molecule has 0 unspecified atom stereocenters. The highest BCUT2D eigenvalue weighted by Gasteiger charge is 2.14. The van der Waals surface area contributed by atoms with Crippen molar-refractivity contribution < 1.29 is 4.79 Å². The fraction of sp³-hybridized carbons (Fsp3) is 0.267. The molecule has 1 aromatic carbocycles. The van der Waals surface area contributed by atoms with Crippen LogP contribution in [0.5, 0.6) is 0 Å². The number of halogens is 2. The highest BCUT2D eigenvalue weighted by Crippen LogP contribution is 2.30. The SMILES string of the molecule is CCCNc1cc(C(=O)Nc2c(Cl)cccc2Cl)nc(C)n1. The lowest BCUT2D eigenvalue weighted by Crippen LogP contribution is -2.16. The van der Waals surface area contributed by atoms with Crippen molar-refractivity contribution in [3.8, 4) is 0 Å². The van der Waals surface area contributed by atoms with E-state index in [0.29, 0.717) is 27.4 Å². The minimum atomic E-state index is -0.389. The third-order valence-corrected chi connectivity index (χ3v) is 3.46. The number of rotatable bonds is 5. The fourth-order valence-electron chi connectivity index (χ4n) is 1.82. The summed E-state index contributed by atoms with van der Waals surface area (Å²) in [6.07, 6.45) is 0.958. The summed E-state index contributed by atoms with van der Waals surface area (Å²) < 4.78 is 0. The van der Waals surface area contributed by atoms with Crippen molar-refractivity contribution in [3.63, 3.8) is 0 Å². The predicted octanol–water partition coefficient (Wildman–Crippen LogP) is 4.17. The van der Waals surface area contributed by atoms with E-state index < -0.39 is 0 Å². The number of amides is 1. The quantitative estimate of drug-likeness (QED) is 0.858. The summed E-state index contributed by atoms with van der Waals surface area (Å²) in [6.45, 7) is 4.55. The summed E-state index contributed by atoms with van der Waals surface area (Å²) in [5, 5.41) is 6.56. The van der Waals surface area contributed by atoms with Gasteiger partial charge in [-0.2, -0.15) is 0 Å². The molecule has 1 heterocycles. The molecule has 0 radical (unpaired) electrons. The van der Waals surface area contributed by atoms with Crippen LogP contribution >= 0.6 is 23.2 Å². The van der Waals surface area contributed by atoms with Crippen molar-refractivity contribution in [3.05, 3.63) is 45.8 Å². The van der Waals surface area contributed by atoms with Crippen LogP contribution in [0.2, 0.25) is 10.0 Å². The predicted molar refractivity (Wildman–Crippen MR) is 90.0 cm³/mol.